The number of anilines is 1. The molecule has 0 bridgehead atoms. The van der Waals surface area contributed by atoms with Gasteiger partial charge >= 0.3 is 0 Å². The minimum Gasteiger partial charge on any atom is -0.370 e. The van der Waals surface area contributed by atoms with Crippen LogP contribution in [0.4, 0.5) is 5.69 Å². The Balaban J connectivity index is 1.77. The largest absolute Gasteiger partial charge is 0.370 e. The van der Waals surface area contributed by atoms with E-state index in [-0.39, 0.29) is 0 Å². The molecule has 21 heavy (non-hydrogen) atoms. The van der Waals surface area contributed by atoms with Gasteiger partial charge < -0.3 is 11.1 Å². The van der Waals surface area contributed by atoms with E-state index in [0.717, 1.165) is 23.6 Å². The Kier molecular flexibility index (Phi) is 5.64. The summed E-state index contributed by atoms with van der Waals surface area (Å²) in [6.45, 7) is 2.75. The Hall–Kier alpha value is -2.00. The zero-order valence-electron chi connectivity index (χ0n) is 12.1. The molecule has 0 aliphatic heterocycles. The summed E-state index contributed by atoms with van der Waals surface area (Å²) in [4.78, 5) is 4.34. The van der Waals surface area contributed by atoms with Crippen LogP contribution in [0.25, 0.3) is 0 Å². The molecule has 0 amide bonds. The van der Waals surface area contributed by atoms with Crippen molar-refractivity contribution in [1.29, 1.82) is 0 Å². The molecular formula is C17H20ClN3. The summed E-state index contributed by atoms with van der Waals surface area (Å²) < 4.78 is 0. The van der Waals surface area contributed by atoms with Crippen molar-refractivity contribution < 1.29 is 0 Å². The monoisotopic (exact) mass is 301 g/mol. The van der Waals surface area contributed by atoms with Crippen LogP contribution in [0.1, 0.15) is 17.5 Å². The van der Waals surface area contributed by atoms with Crippen molar-refractivity contribution in [3.63, 3.8) is 0 Å². The minimum atomic E-state index is 0.455. The second-order valence-electron chi connectivity index (χ2n) is 4.99. The van der Waals surface area contributed by atoms with Crippen molar-refractivity contribution in [2.45, 2.75) is 19.8 Å². The quantitative estimate of drug-likeness (QED) is 0.498. The van der Waals surface area contributed by atoms with Gasteiger partial charge in [0.05, 0.1) is 0 Å². The first-order chi connectivity index (χ1) is 10.1. The van der Waals surface area contributed by atoms with E-state index in [1.165, 1.54) is 11.1 Å². The molecule has 0 atom stereocenters. The van der Waals surface area contributed by atoms with Crippen LogP contribution in [-0.2, 0) is 6.42 Å². The summed E-state index contributed by atoms with van der Waals surface area (Å²) in [6.07, 6.45) is 1.93. The van der Waals surface area contributed by atoms with Gasteiger partial charge in [-0.2, -0.15) is 0 Å². The second-order valence-corrected chi connectivity index (χ2v) is 5.43. The molecule has 0 fully saturated rings. The first kappa shape index (κ1) is 15.4. The first-order valence-electron chi connectivity index (χ1n) is 7.01. The Labute approximate surface area is 130 Å². The molecule has 2 rings (SSSR count). The Morgan fingerprint density at radius 3 is 2.67 bits per heavy atom. The lowest BCUT2D eigenvalue weighted by atomic mass is 10.1. The average molecular weight is 302 g/mol. The van der Waals surface area contributed by atoms with Crippen molar-refractivity contribution in [2.24, 2.45) is 10.7 Å². The highest BCUT2D eigenvalue weighted by molar-refractivity contribution is 6.30. The molecule has 0 heterocycles. The molecular weight excluding hydrogens is 282 g/mol. The Morgan fingerprint density at radius 1 is 1.19 bits per heavy atom. The molecule has 3 nitrogen and oxygen atoms in total. The molecule has 0 aliphatic rings. The number of aliphatic imine (C=N–C) groups is 1. The van der Waals surface area contributed by atoms with Crippen molar-refractivity contribution in [3.8, 4) is 0 Å². The normalized spacial score (nSPS) is 11.4. The number of halogens is 1. The van der Waals surface area contributed by atoms with Gasteiger partial charge in [0.2, 0.25) is 0 Å². The van der Waals surface area contributed by atoms with Crippen molar-refractivity contribution >= 4 is 23.2 Å². The number of nitrogens with zero attached hydrogens (tertiary/aromatic N) is 1. The molecule has 0 aliphatic carbocycles. The number of nitrogens with one attached hydrogen (secondary N) is 1. The molecule has 3 N–H and O–H groups in total. The van der Waals surface area contributed by atoms with Crippen LogP contribution in [-0.4, -0.2) is 12.5 Å². The van der Waals surface area contributed by atoms with Gasteiger partial charge in [-0.15, -0.1) is 0 Å². The third kappa shape index (κ3) is 5.48. The Morgan fingerprint density at radius 2 is 1.95 bits per heavy atom. The molecule has 0 aromatic heterocycles. The highest BCUT2D eigenvalue weighted by Gasteiger charge is 1.96. The van der Waals surface area contributed by atoms with Crippen molar-refractivity contribution in [3.05, 3.63) is 64.7 Å². The van der Waals surface area contributed by atoms with E-state index >= 15 is 0 Å². The van der Waals surface area contributed by atoms with Gasteiger partial charge in [-0.05, 0) is 55.2 Å². The first-order valence-corrected chi connectivity index (χ1v) is 7.39. The predicted molar refractivity (Wildman–Crippen MR) is 91.1 cm³/mol. The number of guanidine groups is 1. The third-order valence-corrected chi connectivity index (χ3v) is 3.36. The maximum Gasteiger partial charge on any atom is 0.193 e. The second kappa shape index (κ2) is 7.70. The lowest BCUT2D eigenvalue weighted by Crippen LogP contribution is -2.22. The van der Waals surface area contributed by atoms with Crippen molar-refractivity contribution in [2.75, 3.05) is 11.9 Å². The highest BCUT2D eigenvalue weighted by atomic mass is 35.5. The summed E-state index contributed by atoms with van der Waals surface area (Å²) in [5.41, 5.74) is 9.30. The lowest BCUT2D eigenvalue weighted by molar-refractivity contribution is 0.832. The summed E-state index contributed by atoms with van der Waals surface area (Å²) in [5.74, 6) is 0.455. The molecule has 0 saturated heterocycles. The number of benzene rings is 2. The average Bonchev–Trinajstić information content (AvgIpc) is 2.45. The van der Waals surface area contributed by atoms with E-state index in [1.54, 1.807) is 0 Å². The van der Waals surface area contributed by atoms with Crippen LogP contribution < -0.4 is 11.1 Å². The molecule has 2 aromatic rings. The molecule has 0 saturated carbocycles. The van der Waals surface area contributed by atoms with Gasteiger partial charge in [0.25, 0.3) is 0 Å². The highest BCUT2D eigenvalue weighted by Crippen LogP contribution is 2.11. The Bertz CT molecular complexity index is 606. The number of rotatable bonds is 5. The molecule has 0 radical (unpaired) electrons. The smallest absolute Gasteiger partial charge is 0.193 e. The number of nitrogens with two attached hydrogens (primary N) is 1. The minimum absolute atomic E-state index is 0.455. The zero-order valence-corrected chi connectivity index (χ0v) is 12.9. The van der Waals surface area contributed by atoms with E-state index in [4.69, 9.17) is 17.3 Å². The van der Waals surface area contributed by atoms with Gasteiger partial charge in [-0.25, -0.2) is 0 Å². The number of hydrogen-bond acceptors (Lipinski definition) is 1. The number of aryl methyl sites for hydroxylation is 2. The van der Waals surface area contributed by atoms with E-state index in [9.17, 15) is 0 Å². The summed E-state index contributed by atoms with van der Waals surface area (Å²) in [7, 11) is 0. The van der Waals surface area contributed by atoms with Gasteiger partial charge in [0.1, 0.15) is 0 Å². The summed E-state index contributed by atoms with van der Waals surface area (Å²) >= 11 is 5.86. The summed E-state index contributed by atoms with van der Waals surface area (Å²) in [5, 5.41) is 3.87. The fourth-order valence-electron chi connectivity index (χ4n) is 2.04. The van der Waals surface area contributed by atoms with Crippen LogP contribution in [0, 0.1) is 6.92 Å². The summed E-state index contributed by atoms with van der Waals surface area (Å²) in [6, 6.07) is 16.0. The van der Waals surface area contributed by atoms with Crippen molar-refractivity contribution in [1.82, 2.24) is 0 Å². The standard InChI is InChI=1S/C17H20ClN3/c1-13-4-2-6-16(12-13)21-17(19)20-11-3-5-14-7-9-15(18)10-8-14/h2,4,6-10,12H,3,5,11H2,1H3,(H3,19,20,21). The molecule has 110 valence electrons. The zero-order chi connectivity index (χ0) is 15.1. The van der Waals surface area contributed by atoms with Crippen LogP contribution in [0.15, 0.2) is 53.5 Å². The number of hydrogen-bond donors (Lipinski definition) is 2. The van der Waals surface area contributed by atoms with Gasteiger partial charge in [0.15, 0.2) is 5.96 Å². The lowest BCUT2D eigenvalue weighted by Gasteiger charge is -2.06. The topological polar surface area (TPSA) is 50.4 Å². The molecule has 2 aromatic carbocycles. The SMILES string of the molecule is Cc1cccc(NC(N)=NCCCc2ccc(Cl)cc2)c1. The molecule has 0 spiro atoms. The van der Waals surface area contributed by atoms with E-state index in [0.29, 0.717) is 12.5 Å². The third-order valence-electron chi connectivity index (χ3n) is 3.11. The van der Waals surface area contributed by atoms with Crippen LogP contribution in [0.2, 0.25) is 5.02 Å². The van der Waals surface area contributed by atoms with Crippen LogP contribution >= 0.6 is 11.6 Å². The van der Waals surface area contributed by atoms with E-state index in [1.807, 2.05) is 55.5 Å². The molecule has 0 unspecified atom stereocenters. The van der Waals surface area contributed by atoms with Crippen LogP contribution in [0.5, 0.6) is 0 Å². The fourth-order valence-corrected chi connectivity index (χ4v) is 2.17. The predicted octanol–water partition coefficient (Wildman–Crippen LogP) is 4.01. The van der Waals surface area contributed by atoms with E-state index < -0.39 is 0 Å². The molecule has 4 heteroatoms. The fraction of sp³-hybridized carbons (Fsp3) is 0.235. The van der Waals surface area contributed by atoms with E-state index in [2.05, 4.69) is 10.3 Å². The van der Waals surface area contributed by atoms with Gasteiger partial charge in [-0.1, -0.05) is 35.9 Å². The van der Waals surface area contributed by atoms with Gasteiger partial charge in [-0.3, -0.25) is 4.99 Å². The maximum atomic E-state index is 5.88. The van der Waals surface area contributed by atoms with Gasteiger partial charge in [0, 0.05) is 17.3 Å². The van der Waals surface area contributed by atoms with Crippen LogP contribution in [0.3, 0.4) is 0 Å². The maximum absolute atomic E-state index is 5.88.